The molecule has 1 N–H and O–H groups in total. The molecule has 148 valence electrons. The lowest BCUT2D eigenvalue weighted by Crippen LogP contribution is -2.39. The normalized spacial score (nSPS) is 22.0. The average molecular weight is 402 g/mol. The Morgan fingerprint density at radius 1 is 1.04 bits per heavy atom. The van der Waals surface area contributed by atoms with Crippen LogP contribution in [0.1, 0.15) is 42.5 Å². The van der Waals surface area contributed by atoms with Gasteiger partial charge in [0.05, 0.1) is 10.6 Å². The molecule has 2 aromatic rings. The van der Waals surface area contributed by atoms with Crippen molar-refractivity contribution in [3.8, 4) is 0 Å². The first-order valence-corrected chi connectivity index (χ1v) is 11.1. The van der Waals surface area contributed by atoms with Crippen molar-refractivity contribution >= 4 is 21.6 Å². The van der Waals surface area contributed by atoms with Crippen molar-refractivity contribution in [1.29, 1.82) is 0 Å². The van der Waals surface area contributed by atoms with Gasteiger partial charge < -0.3 is 4.90 Å². The smallest absolute Gasteiger partial charge is 0.262 e. The molecule has 2 fully saturated rings. The number of nitrogens with one attached hydrogen (secondary N) is 1. The maximum atomic E-state index is 13.8. The van der Waals surface area contributed by atoms with Crippen LogP contribution >= 0.6 is 0 Å². The van der Waals surface area contributed by atoms with Gasteiger partial charge >= 0.3 is 0 Å². The fraction of sp³-hybridized carbons (Fsp3) is 0.381. The fourth-order valence-corrected chi connectivity index (χ4v) is 5.48. The molecule has 0 aromatic heterocycles. The highest BCUT2D eigenvalue weighted by Crippen LogP contribution is 2.37. The quantitative estimate of drug-likeness (QED) is 0.840. The van der Waals surface area contributed by atoms with Gasteiger partial charge in [0, 0.05) is 18.2 Å². The maximum absolute atomic E-state index is 13.8. The second-order valence-corrected chi connectivity index (χ2v) is 9.19. The topological polar surface area (TPSA) is 66.5 Å². The highest BCUT2D eigenvalue weighted by molar-refractivity contribution is 7.92. The number of sulfonamides is 1. The summed E-state index contributed by atoms with van der Waals surface area (Å²) in [4.78, 5) is 14.9. The lowest BCUT2D eigenvalue weighted by molar-refractivity contribution is 0.0690. The summed E-state index contributed by atoms with van der Waals surface area (Å²) < 4.78 is 41.4. The molecule has 1 saturated carbocycles. The van der Waals surface area contributed by atoms with E-state index in [1.54, 1.807) is 18.2 Å². The molecule has 1 aliphatic carbocycles. The molecule has 0 bridgehead atoms. The number of rotatable bonds is 4. The van der Waals surface area contributed by atoms with E-state index in [4.69, 9.17) is 0 Å². The van der Waals surface area contributed by atoms with Gasteiger partial charge in [-0.25, -0.2) is 12.8 Å². The number of hydrogen-bond acceptors (Lipinski definition) is 3. The van der Waals surface area contributed by atoms with Gasteiger partial charge in [0.15, 0.2) is 0 Å². The molecule has 28 heavy (non-hydrogen) atoms. The van der Waals surface area contributed by atoms with Crippen molar-refractivity contribution in [3.05, 3.63) is 59.9 Å². The molecule has 0 spiro atoms. The molecule has 4 rings (SSSR count). The van der Waals surface area contributed by atoms with E-state index in [0.717, 1.165) is 32.2 Å². The number of benzene rings is 2. The Hall–Kier alpha value is -2.41. The van der Waals surface area contributed by atoms with Crippen LogP contribution in [0.4, 0.5) is 10.1 Å². The number of fused-ring (bicyclic) bond motifs is 1. The number of anilines is 1. The molecule has 7 heteroatoms. The van der Waals surface area contributed by atoms with E-state index in [9.17, 15) is 17.6 Å². The summed E-state index contributed by atoms with van der Waals surface area (Å²) in [7, 11) is -4.00. The molecule has 2 unspecified atom stereocenters. The SMILES string of the molecule is O=C(c1cccc(S(=O)(=O)Nc2ccccc2F)c1)N1CCC2CCCCC21. The van der Waals surface area contributed by atoms with Crippen molar-refractivity contribution in [2.75, 3.05) is 11.3 Å². The van der Waals surface area contributed by atoms with Crippen molar-refractivity contribution in [1.82, 2.24) is 4.90 Å². The van der Waals surface area contributed by atoms with Crippen LogP contribution in [0.15, 0.2) is 53.4 Å². The first-order chi connectivity index (χ1) is 13.5. The van der Waals surface area contributed by atoms with Gasteiger partial charge in [0.2, 0.25) is 0 Å². The van der Waals surface area contributed by atoms with E-state index in [-0.39, 0.29) is 22.5 Å². The average Bonchev–Trinajstić information content (AvgIpc) is 3.13. The molecule has 5 nitrogen and oxygen atoms in total. The second kappa shape index (κ2) is 7.54. The Kier molecular flexibility index (Phi) is 5.10. The van der Waals surface area contributed by atoms with Crippen molar-refractivity contribution in [2.45, 2.75) is 43.0 Å². The molecular weight excluding hydrogens is 379 g/mol. The lowest BCUT2D eigenvalue weighted by atomic mass is 9.85. The van der Waals surface area contributed by atoms with E-state index < -0.39 is 15.8 Å². The van der Waals surface area contributed by atoms with E-state index in [1.807, 2.05) is 4.90 Å². The Morgan fingerprint density at radius 2 is 1.82 bits per heavy atom. The minimum Gasteiger partial charge on any atom is -0.335 e. The van der Waals surface area contributed by atoms with Gasteiger partial charge in [-0.3, -0.25) is 9.52 Å². The molecule has 1 heterocycles. The van der Waals surface area contributed by atoms with Gasteiger partial charge in [-0.05, 0) is 55.5 Å². The number of carbonyl (C=O) groups excluding carboxylic acids is 1. The minimum atomic E-state index is -4.00. The number of halogens is 1. The Balaban J connectivity index is 1.57. The van der Waals surface area contributed by atoms with Crippen LogP contribution in [0.3, 0.4) is 0 Å². The predicted octanol–water partition coefficient (Wildman–Crippen LogP) is 4.03. The zero-order valence-electron chi connectivity index (χ0n) is 15.5. The minimum absolute atomic E-state index is 0.0546. The summed E-state index contributed by atoms with van der Waals surface area (Å²) in [6, 6.07) is 11.8. The Labute approximate surface area is 164 Å². The number of para-hydroxylation sites is 1. The number of amides is 1. The maximum Gasteiger partial charge on any atom is 0.262 e. The summed E-state index contributed by atoms with van der Waals surface area (Å²) in [5.74, 6) is -0.219. The van der Waals surface area contributed by atoms with Crippen LogP contribution in [-0.2, 0) is 10.0 Å². The van der Waals surface area contributed by atoms with Crippen LogP contribution in [0.2, 0.25) is 0 Å². The first kappa shape index (κ1) is 18.9. The van der Waals surface area contributed by atoms with Crippen molar-refractivity contribution in [3.63, 3.8) is 0 Å². The number of nitrogens with zero attached hydrogens (tertiary/aromatic N) is 1. The number of likely N-dealkylation sites (tertiary alicyclic amines) is 1. The third-order valence-corrected chi connectivity index (χ3v) is 7.14. The third-order valence-electron chi connectivity index (χ3n) is 5.78. The van der Waals surface area contributed by atoms with E-state index in [1.165, 1.54) is 36.8 Å². The molecule has 1 aliphatic heterocycles. The standard InChI is InChI=1S/C21H23FN2O3S/c22-18-9-2-3-10-19(18)23-28(26,27)17-8-5-7-16(14-17)21(25)24-13-12-15-6-1-4-11-20(15)24/h2-3,5,7-10,14-15,20,23H,1,4,6,11-13H2. The van der Waals surface area contributed by atoms with Gasteiger partial charge in [-0.15, -0.1) is 0 Å². The van der Waals surface area contributed by atoms with Crippen LogP contribution in [0, 0.1) is 11.7 Å². The zero-order valence-corrected chi connectivity index (χ0v) is 16.3. The number of hydrogen-bond donors (Lipinski definition) is 1. The lowest BCUT2D eigenvalue weighted by Gasteiger charge is -2.31. The molecule has 1 amide bonds. The van der Waals surface area contributed by atoms with Gasteiger partial charge in [-0.2, -0.15) is 0 Å². The summed E-state index contributed by atoms with van der Waals surface area (Å²) in [6.07, 6.45) is 5.55. The van der Waals surface area contributed by atoms with Crippen LogP contribution in [0.25, 0.3) is 0 Å². The van der Waals surface area contributed by atoms with Gasteiger partial charge in [0.25, 0.3) is 15.9 Å². The monoisotopic (exact) mass is 402 g/mol. The molecule has 2 atom stereocenters. The summed E-state index contributed by atoms with van der Waals surface area (Å²) in [5.41, 5.74) is 0.228. The molecule has 2 aliphatic rings. The largest absolute Gasteiger partial charge is 0.335 e. The molecular formula is C21H23FN2O3S. The van der Waals surface area contributed by atoms with Crippen molar-refractivity contribution in [2.24, 2.45) is 5.92 Å². The van der Waals surface area contributed by atoms with Gasteiger partial charge in [0.1, 0.15) is 5.82 Å². The van der Waals surface area contributed by atoms with E-state index in [0.29, 0.717) is 11.5 Å². The Morgan fingerprint density at radius 3 is 2.64 bits per heavy atom. The highest BCUT2D eigenvalue weighted by atomic mass is 32.2. The van der Waals surface area contributed by atoms with E-state index >= 15 is 0 Å². The predicted molar refractivity (Wildman–Crippen MR) is 105 cm³/mol. The van der Waals surface area contributed by atoms with Gasteiger partial charge in [-0.1, -0.05) is 31.0 Å². The first-order valence-electron chi connectivity index (χ1n) is 9.64. The van der Waals surface area contributed by atoms with E-state index in [2.05, 4.69) is 4.72 Å². The molecule has 0 radical (unpaired) electrons. The number of carbonyl (C=O) groups is 1. The second-order valence-electron chi connectivity index (χ2n) is 7.51. The van der Waals surface area contributed by atoms with Crippen molar-refractivity contribution < 1.29 is 17.6 Å². The molecule has 2 aromatic carbocycles. The fourth-order valence-electron chi connectivity index (χ4n) is 4.37. The van der Waals surface area contributed by atoms with Crippen LogP contribution < -0.4 is 4.72 Å². The summed E-state index contributed by atoms with van der Waals surface area (Å²) in [6.45, 7) is 0.721. The summed E-state index contributed by atoms with van der Waals surface area (Å²) >= 11 is 0. The Bertz CT molecular complexity index is 993. The molecule has 1 saturated heterocycles. The van der Waals surface area contributed by atoms with Crippen LogP contribution in [-0.4, -0.2) is 31.8 Å². The van der Waals surface area contributed by atoms with Crippen LogP contribution in [0.5, 0.6) is 0 Å². The summed E-state index contributed by atoms with van der Waals surface area (Å²) in [5, 5.41) is 0. The third kappa shape index (κ3) is 3.63. The zero-order chi connectivity index (χ0) is 19.7. The highest BCUT2D eigenvalue weighted by Gasteiger charge is 2.38.